The first kappa shape index (κ1) is 15.9. The van der Waals surface area contributed by atoms with Crippen LogP contribution < -0.4 is 0 Å². The summed E-state index contributed by atoms with van der Waals surface area (Å²) in [6, 6.07) is 5.82. The van der Waals surface area contributed by atoms with Crippen LogP contribution in [0.3, 0.4) is 0 Å². The highest BCUT2D eigenvalue weighted by Crippen LogP contribution is 2.11. The fourth-order valence-corrected chi connectivity index (χ4v) is 2.44. The molecule has 1 heterocycles. The normalized spacial score (nSPS) is 19.7. The Labute approximate surface area is 124 Å². The summed E-state index contributed by atoms with van der Waals surface area (Å²) in [6.07, 6.45) is -0.145. The van der Waals surface area contributed by atoms with Gasteiger partial charge in [0.05, 0.1) is 12.2 Å². The van der Waals surface area contributed by atoms with Crippen molar-refractivity contribution in [2.75, 3.05) is 32.8 Å². The van der Waals surface area contributed by atoms with Gasteiger partial charge in [-0.05, 0) is 18.1 Å². The van der Waals surface area contributed by atoms with Gasteiger partial charge in [0.15, 0.2) is 0 Å². The number of hydrogen-bond acceptors (Lipinski definition) is 4. The first-order valence-electron chi connectivity index (χ1n) is 7.32. The molecule has 5 heteroatoms. The van der Waals surface area contributed by atoms with E-state index in [2.05, 4.69) is 18.7 Å². The van der Waals surface area contributed by atoms with E-state index in [0.717, 1.165) is 19.6 Å². The third kappa shape index (κ3) is 4.79. The fraction of sp³-hybridized carbons (Fsp3) is 0.562. The molecule has 1 saturated heterocycles. The third-order valence-electron chi connectivity index (χ3n) is 3.34. The number of rotatable bonds is 5. The molecule has 0 aromatic heterocycles. The molecular weight excluding hydrogens is 273 g/mol. The zero-order valence-electron chi connectivity index (χ0n) is 12.5. The lowest BCUT2D eigenvalue weighted by Gasteiger charge is -2.33. The van der Waals surface area contributed by atoms with E-state index < -0.39 is 11.8 Å². The molecule has 0 saturated carbocycles. The van der Waals surface area contributed by atoms with Crippen molar-refractivity contribution in [3.8, 4) is 0 Å². The SMILES string of the molecule is CC(C)CN1CCOC(COC(=O)c2ccccc2F)C1. The van der Waals surface area contributed by atoms with Crippen LogP contribution in [0.2, 0.25) is 0 Å². The standard InChI is InChI=1S/C16H22FNO3/c1-12(2)9-18-7-8-20-13(10-18)11-21-16(19)14-5-3-4-6-15(14)17/h3-6,12-13H,7-11H2,1-2H3. The molecule has 4 nitrogen and oxygen atoms in total. The van der Waals surface area contributed by atoms with Crippen molar-refractivity contribution in [1.82, 2.24) is 4.90 Å². The minimum Gasteiger partial charge on any atom is -0.459 e. The molecule has 1 unspecified atom stereocenters. The molecule has 1 aliphatic heterocycles. The summed E-state index contributed by atoms with van der Waals surface area (Å²) in [5.41, 5.74) is -0.0349. The Morgan fingerprint density at radius 1 is 1.48 bits per heavy atom. The number of esters is 1. The summed E-state index contributed by atoms with van der Waals surface area (Å²) in [4.78, 5) is 14.1. The lowest BCUT2D eigenvalue weighted by atomic mass is 10.2. The maximum atomic E-state index is 13.5. The number of halogens is 1. The van der Waals surface area contributed by atoms with E-state index in [1.807, 2.05) is 0 Å². The average Bonchev–Trinajstić information content (AvgIpc) is 2.45. The number of nitrogens with zero attached hydrogens (tertiary/aromatic N) is 1. The van der Waals surface area contributed by atoms with Crippen LogP contribution >= 0.6 is 0 Å². The van der Waals surface area contributed by atoms with Gasteiger partial charge in [-0.1, -0.05) is 26.0 Å². The average molecular weight is 295 g/mol. The van der Waals surface area contributed by atoms with Gasteiger partial charge in [0.25, 0.3) is 0 Å². The van der Waals surface area contributed by atoms with Crippen molar-refractivity contribution in [1.29, 1.82) is 0 Å². The molecule has 1 aromatic carbocycles. The number of benzene rings is 1. The molecule has 1 aromatic rings. The lowest BCUT2D eigenvalue weighted by molar-refractivity contribution is -0.0613. The molecule has 2 rings (SSSR count). The fourth-order valence-electron chi connectivity index (χ4n) is 2.44. The van der Waals surface area contributed by atoms with Crippen LogP contribution in [0.1, 0.15) is 24.2 Å². The van der Waals surface area contributed by atoms with E-state index in [0.29, 0.717) is 12.5 Å². The summed E-state index contributed by atoms with van der Waals surface area (Å²) >= 11 is 0. The van der Waals surface area contributed by atoms with E-state index in [9.17, 15) is 9.18 Å². The monoisotopic (exact) mass is 295 g/mol. The van der Waals surface area contributed by atoms with Gasteiger partial charge in [-0.25, -0.2) is 9.18 Å². The molecule has 0 radical (unpaired) electrons. The van der Waals surface area contributed by atoms with Crippen molar-refractivity contribution in [3.05, 3.63) is 35.6 Å². The van der Waals surface area contributed by atoms with Crippen molar-refractivity contribution >= 4 is 5.97 Å². The quantitative estimate of drug-likeness (QED) is 0.782. The molecule has 21 heavy (non-hydrogen) atoms. The molecule has 0 aliphatic carbocycles. The van der Waals surface area contributed by atoms with Gasteiger partial charge in [0.2, 0.25) is 0 Å². The number of hydrogen-bond donors (Lipinski definition) is 0. The summed E-state index contributed by atoms with van der Waals surface area (Å²) < 4.78 is 24.2. The van der Waals surface area contributed by atoms with E-state index in [-0.39, 0.29) is 18.3 Å². The first-order valence-corrected chi connectivity index (χ1v) is 7.32. The second kappa shape index (κ2) is 7.52. The molecule has 0 spiro atoms. The second-order valence-electron chi connectivity index (χ2n) is 5.72. The van der Waals surface area contributed by atoms with Crippen LogP contribution in [-0.2, 0) is 9.47 Å². The predicted octanol–water partition coefficient (Wildman–Crippen LogP) is 2.34. The molecule has 0 amide bonds. The van der Waals surface area contributed by atoms with Gasteiger partial charge < -0.3 is 9.47 Å². The van der Waals surface area contributed by atoms with Gasteiger partial charge >= 0.3 is 5.97 Å². The highest BCUT2D eigenvalue weighted by atomic mass is 19.1. The van der Waals surface area contributed by atoms with Crippen LogP contribution in [-0.4, -0.2) is 49.8 Å². The van der Waals surface area contributed by atoms with Gasteiger partial charge in [-0.3, -0.25) is 4.90 Å². The van der Waals surface area contributed by atoms with E-state index >= 15 is 0 Å². The maximum Gasteiger partial charge on any atom is 0.341 e. The topological polar surface area (TPSA) is 38.8 Å². The number of carbonyl (C=O) groups excluding carboxylic acids is 1. The highest BCUT2D eigenvalue weighted by molar-refractivity contribution is 5.89. The minimum atomic E-state index is -0.641. The zero-order chi connectivity index (χ0) is 15.2. The number of ether oxygens (including phenoxy) is 2. The largest absolute Gasteiger partial charge is 0.459 e. The molecule has 0 bridgehead atoms. The highest BCUT2D eigenvalue weighted by Gasteiger charge is 2.23. The van der Waals surface area contributed by atoms with Crippen molar-refractivity contribution in [3.63, 3.8) is 0 Å². The molecule has 1 fully saturated rings. The van der Waals surface area contributed by atoms with Gasteiger partial charge in [-0.15, -0.1) is 0 Å². The van der Waals surface area contributed by atoms with Crippen LogP contribution in [0.4, 0.5) is 4.39 Å². The number of carbonyl (C=O) groups is 1. The summed E-state index contributed by atoms with van der Waals surface area (Å²) in [7, 11) is 0. The van der Waals surface area contributed by atoms with Crippen molar-refractivity contribution < 1.29 is 18.7 Å². The Balaban J connectivity index is 1.82. The van der Waals surface area contributed by atoms with Gasteiger partial charge in [-0.2, -0.15) is 0 Å². The van der Waals surface area contributed by atoms with E-state index in [4.69, 9.17) is 9.47 Å². The Morgan fingerprint density at radius 3 is 2.95 bits per heavy atom. The lowest BCUT2D eigenvalue weighted by Crippen LogP contribution is -2.45. The van der Waals surface area contributed by atoms with Crippen molar-refractivity contribution in [2.45, 2.75) is 20.0 Å². The van der Waals surface area contributed by atoms with Crippen molar-refractivity contribution in [2.24, 2.45) is 5.92 Å². The predicted molar refractivity (Wildman–Crippen MR) is 77.7 cm³/mol. The molecular formula is C16H22FNO3. The Kier molecular flexibility index (Phi) is 5.70. The summed E-state index contributed by atoms with van der Waals surface area (Å²) in [5.74, 6) is -0.615. The maximum absolute atomic E-state index is 13.5. The van der Waals surface area contributed by atoms with Crippen LogP contribution in [0.5, 0.6) is 0 Å². The molecule has 0 N–H and O–H groups in total. The van der Waals surface area contributed by atoms with Gasteiger partial charge in [0.1, 0.15) is 18.5 Å². The Morgan fingerprint density at radius 2 is 2.24 bits per heavy atom. The molecule has 1 aliphatic rings. The number of morpholine rings is 1. The van der Waals surface area contributed by atoms with E-state index in [1.54, 1.807) is 12.1 Å². The Hall–Kier alpha value is -1.46. The van der Waals surface area contributed by atoms with Crippen LogP contribution in [0.15, 0.2) is 24.3 Å². The van der Waals surface area contributed by atoms with E-state index in [1.165, 1.54) is 12.1 Å². The zero-order valence-corrected chi connectivity index (χ0v) is 12.5. The summed E-state index contributed by atoms with van der Waals surface area (Å²) in [5, 5.41) is 0. The Bertz CT molecular complexity index is 478. The van der Waals surface area contributed by atoms with Crippen LogP contribution in [0, 0.1) is 11.7 Å². The first-order chi connectivity index (χ1) is 10.1. The second-order valence-corrected chi connectivity index (χ2v) is 5.72. The molecule has 1 atom stereocenters. The summed E-state index contributed by atoms with van der Waals surface area (Å²) in [6.45, 7) is 7.77. The van der Waals surface area contributed by atoms with Crippen LogP contribution in [0.25, 0.3) is 0 Å². The van der Waals surface area contributed by atoms with Gasteiger partial charge in [0, 0.05) is 19.6 Å². The minimum absolute atomic E-state index is 0.0349. The smallest absolute Gasteiger partial charge is 0.341 e. The molecule has 116 valence electrons. The third-order valence-corrected chi connectivity index (χ3v) is 3.34.